The summed E-state index contributed by atoms with van der Waals surface area (Å²) in [5.74, 6) is -2.51. The number of unbranched alkanes of at least 4 members (excludes halogenated alkanes) is 13. The molecule has 0 radical (unpaired) electrons. The third-order valence-corrected chi connectivity index (χ3v) is 13.0. The Kier molecular flexibility index (Phi) is 29.7. The predicted molar refractivity (Wildman–Crippen MR) is 247 cm³/mol. The molecule has 0 aromatic carbocycles. The van der Waals surface area contributed by atoms with Crippen LogP contribution in [-0.2, 0) is 52.3 Å². The van der Waals surface area contributed by atoms with Crippen molar-refractivity contribution in [3.8, 4) is 0 Å². The van der Waals surface area contributed by atoms with Crippen molar-refractivity contribution in [2.24, 2.45) is 5.92 Å². The molecule has 20 heteroatoms. The van der Waals surface area contributed by atoms with E-state index in [1.807, 2.05) is 13.8 Å². The Morgan fingerprint density at radius 1 is 0.609 bits per heavy atom. The highest BCUT2D eigenvalue weighted by Gasteiger charge is 2.52. The van der Waals surface area contributed by atoms with E-state index in [2.05, 4.69) is 6.92 Å². The van der Waals surface area contributed by atoms with Crippen LogP contribution in [0.1, 0.15) is 169 Å². The summed E-state index contributed by atoms with van der Waals surface area (Å²) in [6, 6.07) is 0. The van der Waals surface area contributed by atoms with Crippen LogP contribution in [0.25, 0.3) is 0 Å². The van der Waals surface area contributed by atoms with Crippen LogP contribution in [0.15, 0.2) is 0 Å². The molecule has 0 aromatic heterocycles. The van der Waals surface area contributed by atoms with Crippen LogP contribution < -0.4 is 0 Å². The van der Waals surface area contributed by atoms with E-state index < -0.39 is 123 Å². The minimum absolute atomic E-state index is 0.0192. The van der Waals surface area contributed by atoms with E-state index >= 15 is 0 Å². The zero-order valence-electron chi connectivity index (χ0n) is 41.5. The first kappa shape index (κ1) is 61.2. The second-order valence-electron chi connectivity index (χ2n) is 19.6. The smallest absolute Gasteiger partial charge is 0.332 e. The van der Waals surface area contributed by atoms with Gasteiger partial charge in [0.2, 0.25) is 0 Å². The van der Waals surface area contributed by atoms with Crippen LogP contribution in [0.4, 0.5) is 0 Å². The maximum atomic E-state index is 12.3. The molecule has 0 aromatic rings. The lowest BCUT2D eigenvalue weighted by Gasteiger charge is -2.46. The number of carboxylic acids is 1. The molecule has 1 unspecified atom stereocenters. The van der Waals surface area contributed by atoms with Crippen molar-refractivity contribution in [1.82, 2.24) is 0 Å². The number of esters is 2. The summed E-state index contributed by atoms with van der Waals surface area (Å²) in [5.41, 5.74) is 0. The molecular weight excluding hydrogens is 909 g/mol. The van der Waals surface area contributed by atoms with Crippen LogP contribution in [-0.4, -0.2) is 182 Å². The molecule has 69 heavy (non-hydrogen) atoms. The van der Waals surface area contributed by atoms with Crippen LogP contribution in [0.2, 0.25) is 0 Å². The van der Waals surface area contributed by atoms with E-state index in [0.29, 0.717) is 38.5 Å². The second-order valence-corrected chi connectivity index (χ2v) is 19.6. The fourth-order valence-electron chi connectivity index (χ4n) is 8.83. The molecular formula is C49H88O20. The second kappa shape index (κ2) is 33.6. The van der Waals surface area contributed by atoms with Gasteiger partial charge in [0.1, 0.15) is 61.5 Å². The molecule has 0 saturated carbocycles. The lowest BCUT2D eigenvalue weighted by Crippen LogP contribution is -2.65. The summed E-state index contributed by atoms with van der Waals surface area (Å²) in [7, 11) is 0. The largest absolute Gasteiger partial charge is 0.479 e. The molecule has 3 aliphatic rings. The highest BCUT2D eigenvalue weighted by Crippen LogP contribution is 2.33. The van der Waals surface area contributed by atoms with E-state index in [9.17, 15) is 55.2 Å². The van der Waals surface area contributed by atoms with Gasteiger partial charge in [0.25, 0.3) is 0 Å². The fraction of sp³-hybridized carbons (Fsp3) is 0.939. The number of rotatable bonds is 35. The van der Waals surface area contributed by atoms with Crippen molar-refractivity contribution in [3.63, 3.8) is 0 Å². The third-order valence-electron chi connectivity index (χ3n) is 13.0. The van der Waals surface area contributed by atoms with Gasteiger partial charge in [-0.15, -0.1) is 0 Å². The standard InChI is InChI=1S/C49H88O20/c1-5-6-7-18-23-33(24-20-22-32(51)21-17-15-13-11-9-8-10-12-14-16-19-25-34(52)46(60)61)66-48-44(39(55)35(53)27-63-48)69-49-45(41(57)37(29-64-49)65-31(4)50)68-47-43(59)42(58)40(56)36(67-47)28-62-38(54)26-30(2)3/h30,32-37,39-45,47-49,51-53,55-59H,5-29H2,1-4H3,(H,60,61)/t32-,33+,34-,35+,36+,37+,39-,40+,41-,42-,43+,44+,45+,47-,48-,49?/m1/s1. The Morgan fingerprint density at radius 3 is 1.75 bits per heavy atom. The fourth-order valence-corrected chi connectivity index (χ4v) is 8.83. The lowest BCUT2D eigenvalue weighted by molar-refractivity contribution is -0.380. The molecule has 3 heterocycles. The Labute approximate surface area is 408 Å². The predicted octanol–water partition coefficient (Wildman–Crippen LogP) is 3.28. The van der Waals surface area contributed by atoms with Gasteiger partial charge in [-0.2, -0.15) is 0 Å². The van der Waals surface area contributed by atoms with Gasteiger partial charge in [0, 0.05) is 13.3 Å². The average Bonchev–Trinajstić information content (AvgIpc) is 3.29. The monoisotopic (exact) mass is 997 g/mol. The molecule has 3 aliphatic heterocycles. The van der Waals surface area contributed by atoms with Gasteiger partial charge in [0.05, 0.1) is 25.4 Å². The highest BCUT2D eigenvalue weighted by atomic mass is 16.8. The Balaban J connectivity index is 1.59. The van der Waals surface area contributed by atoms with Crippen molar-refractivity contribution < 1.29 is 98.2 Å². The number of carbonyl (C=O) groups is 3. The Hall–Kier alpha value is -2.15. The first-order valence-corrected chi connectivity index (χ1v) is 25.8. The molecule has 0 amide bonds. The number of carbonyl (C=O) groups excluding carboxylic acids is 2. The molecule has 0 bridgehead atoms. The van der Waals surface area contributed by atoms with Gasteiger partial charge in [-0.1, -0.05) is 117 Å². The lowest BCUT2D eigenvalue weighted by atomic mass is 9.98. The normalized spacial score (nSPS) is 31.0. The topological polar surface area (TPSA) is 307 Å². The molecule has 3 rings (SSSR count). The summed E-state index contributed by atoms with van der Waals surface area (Å²) in [5, 5.41) is 95.0. The highest BCUT2D eigenvalue weighted by molar-refractivity contribution is 5.71. The van der Waals surface area contributed by atoms with Gasteiger partial charge in [-0.25, -0.2) is 4.79 Å². The molecule has 404 valence electrons. The van der Waals surface area contributed by atoms with E-state index in [1.165, 1.54) is 0 Å². The van der Waals surface area contributed by atoms with Gasteiger partial charge < -0.3 is 83.9 Å². The van der Waals surface area contributed by atoms with Crippen LogP contribution in [0.5, 0.6) is 0 Å². The molecule has 0 aliphatic carbocycles. The first-order valence-electron chi connectivity index (χ1n) is 25.8. The first-order chi connectivity index (χ1) is 32.9. The molecule has 16 atom stereocenters. The van der Waals surface area contributed by atoms with Crippen LogP contribution in [0, 0.1) is 5.92 Å². The number of aliphatic hydroxyl groups excluding tert-OH is 8. The number of carboxylic acid groups (broad SMARTS) is 1. The number of hydrogen-bond donors (Lipinski definition) is 9. The summed E-state index contributed by atoms with van der Waals surface area (Å²) in [6.07, 6.45) is -3.86. The van der Waals surface area contributed by atoms with Gasteiger partial charge >= 0.3 is 17.9 Å². The molecule has 20 nitrogen and oxygen atoms in total. The zero-order valence-corrected chi connectivity index (χ0v) is 41.5. The molecule has 9 N–H and O–H groups in total. The maximum absolute atomic E-state index is 12.3. The molecule has 3 fully saturated rings. The van der Waals surface area contributed by atoms with Crippen molar-refractivity contribution in [3.05, 3.63) is 0 Å². The number of hydrogen-bond acceptors (Lipinski definition) is 19. The number of aliphatic hydroxyl groups is 8. The quantitative estimate of drug-likeness (QED) is 0.0325. The zero-order chi connectivity index (χ0) is 50.9. The Morgan fingerprint density at radius 2 is 1.14 bits per heavy atom. The number of aliphatic carboxylic acids is 1. The van der Waals surface area contributed by atoms with Crippen LogP contribution in [0.3, 0.4) is 0 Å². The maximum Gasteiger partial charge on any atom is 0.332 e. The average molecular weight is 997 g/mol. The summed E-state index contributed by atoms with van der Waals surface area (Å²) in [6.45, 7) is 5.68. The van der Waals surface area contributed by atoms with E-state index in [1.54, 1.807) is 0 Å². The van der Waals surface area contributed by atoms with Gasteiger partial charge in [-0.3, -0.25) is 9.59 Å². The van der Waals surface area contributed by atoms with Crippen molar-refractivity contribution >= 4 is 17.9 Å². The summed E-state index contributed by atoms with van der Waals surface area (Å²) in [4.78, 5) is 35.0. The summed E-state index contributed by atoms with van der Waals surface area (Å²) >= 11 is 0. The molecule has 0 spiro atoms. The minimum Gasteiger partial charge on any atom is -0.479 e. The SMILES string of the molecule is CCCCCC[C@@H](CCC[C@H](O)CCCCCCCCCCCCC[C@@H](O)C(=O)O)O[C@H]1OC[C@H](O)[C@@H](O)[C@@H]1OC1OC[C@H](OC(C)=O)[C@@H](O)[C@@H]1O[C@H]1O[C@@H](COC(=O)CC(C)C)[C@H](O)[C@@H](O)[C@@H]1O. The van der Waals surface area contributed by atoms with Crippen molar-refractivity contribution in [2.75, 3.05) is 19.8 Å². The minimum atomic E-state index is -1.90. The van der Waals surface area contributed by atoms with Crippen molar-refractivity contribution in [2.45, 2.75) is 267 Å². The van der Waals surface area contributed by atoms with Crippen LogP contribution >= 0.6 is 0 Å². The number of ether oxygens (including phenoxy) is 8. The van der Waals surface area contributed by atoms with Crippen molar-refractivity contribution in [1.29, 1.82) is 0 Å². The Bertz CT molecular complexity index is 1410. The summed E-state index contributed by atoms with van der Waals surface area (Å²) < 4.78 is 46.9. The van der Waals surface area contributed by atoms with E-state index in [0.717, 1.165) is 103 Å². The van der Waals surface area contributed by atoms with E-state index in [-0.39, 0.29) is 25.0 Å². The third kappa shape index (κ3) is 22.7. The molecule has 3 saturated heterocycles. The van der Waals surface area contributed by atoms with Gasteiger partial charge in [-0.05, 0) is 44.4 Å². The van der Waals surface area contributed by atoms with E-state index in [4.69, 9.17) is 43.0 Å². The van der Waals surface area contributed by atoms with Gasteiger partial charge in [0.15, 0.2) is 31.1 Å².